The van der Waals surface area contributed by atoms with Crippen LogP contribution >= 0.6 is 0 Å². The van der Waals surface area contributed by atoms with E-state index in [9.17, 15) is 14.4 Å². The molecule has 5 nitrogen and oxygen atoms in total. The standard InChI is InChI=1S/C22H24N2O3/c25-17-16-21-2-1-14(13-6-15(13)21)22(16,21)19(27)24(17)23-18(26)20-7-10-3-11(8-20)5-12(4-10)9-20/h1-2,10-16H,3-9H2,(H,23,26)/t10?,11?,12?,13?,14?,15?,16-,20?,21?,22-/m0/s1. The molecule has 4 unspecified atom stereocenters. The molecule has 6 atom stereocenters. The first-order valence-corrected chi connectivity index (χ1v) is 10.9. The Hall–Kier alpha value is -1.65. The molecule has 8 fully saturated rings. The molecule has 1 heterocycles. The van der Waals surface area contributed by atoms with Gasteiger partial charge in [0.1, 0.15) is 0 Å². The number of amides is 3. The summed E-state index contributed by atoms with van der Waals surface area (Å²) >= 11 is 0. The molecule has 7 saturated carbocycles. The molecule has 9 rings (SSSR count). The zero-order valence-corrected chi connectivity index (χ0v) is 15.3. The van der Waals surface area contributed by atoms with Crippen LogP contribution in [-0.4, -0.2) is 22.7 Å². The third-order valence-corrected chi connectivity index (χ3v) is 10.3. The lowest BCUT2D eigenvalue weighted by Gasteiger charge is -2.55. The molecule has 3 amide bonds. The number of rotatable bonds is 2. The molecule has 0 aromatic heterocycles. The van der Waals surface area contributed by atoms with Crippen LogP contribution in [0.4, 0.5) is 0 Å². The maximum atomic E-state index is 13.4. The van der Waals surface area contributed by atoms with Crippen molar-refractivity contribution in [2.75, 3.05) is 0 Å². The van der Waals surface area contributed by atoms with E-state index in [1.54, 1.807) is 0 Å². The van der Waals surface area contributed by atoms with Crippen molar-refractivity contribution in [3.05, 3.63) is 12.2 Å². The van der Waals surface area contributed by atoms with Gasteiger partial charge < -0.3 is 0 Å². The van der Waals surface area contributed by atoms with Gasteiger partial charge in [0.05, 0.1) is 16.7 Å². The summed E-state index contributed by atoms with van der Waals surface area (Å²) in [5.74, 6) is 2.96. The molecule has 5 heteroatoms. The fraction of sp³-hybridized carbons (Fsp3) is 0.773. The molecule has 0 aromatic carbocycles. The van der Waals surface area contributed by atoms with Crippen LogP contribution in [0.1, 0.15) is 44.9 Å². The second-order valence-electron chi connectivity index (χ2n) is 11.2. The monoisotopic (exact) mass is 364 g/mol. The first kappa shape index (κ1) is 14.4. The van der Waals surface area contributed by atoms with Crippen LogP contribution < -0.4 is 5.43 Å². The Morgan fingerprint density at radius 1 is 1.04 bits per heavy atom. The summed E-state index contributed by atoms with van der Waals surface area (Å²) in [6.07, 6.45) is 12.2. The minimum absolute atomic E-state index is 0.0430. The second-order valence-corrected chi connectivity index (χ2v) is 11.2. The quantitative estimate of drug-likeness (QED) is 0.602. The molecule has 0 aromatic rings. The fourth-order valence-corrected chi connectivity index (χ4v) is 9.94. The molecule has 0 radical (unpaired) electrons. The van der Waals surface area contributed by atoms with Crippen LogP contribution in [0, 0.1) is 57.7 Å². The van der Waals surface area contributed by atoms with Gasteiger partial charge in [0.25, 0.3) is 11.8 Å². The summed E-state index contributed by atoms with van der Waals surface area (Å²) in [5, 5.41) is 1.16. The fourth-order valence-electron chi connectivity index (χ4n) is 9.94. The largest absolute Gasteiger partial charge is 0.273 e. The van der Waals surface area contributed by atoms with Crippen molar-refractivity contribution < 1.29 is 14.4 Å². The van der Waals surface area contributed by atoms with Crippen LogP contribution in [0.15, 0.2) is 12.2 Å². The highest BCUT2D eigenvalue weighted by atomic mass is 16.2. The molecular formula is C22H24N2O3. The van der Waals surface area contributed by atoms with E-state index in [-0.39, 0.29) is 40.4 Å². The summed E-state index contributed by atoms with van der Waals surface area (Å²) < 4.78 is 0. The molecule has 1 aliphatic heterocycles. The summed E-state index contributed by atoms with van der Waals surface area (Å²) in [4.78, 5) is 39.9. The molecule has 6 bridgehead atoms. The van der Waals surface area contributed by atoms with E-state index < -0.39 is 5.41 Å². The average Bonchev–Trinajstić information content (AvgIpc) is 3.48. The van der Waals surface area contributed by atoms with Crippen molar-refractivity contribution in [2.45, 2.75) is 44.9 Å². The van der Waals surface area contributed by atoms with Gasteiger partial charge in [-0.05, 0) is 80.5 Å². The molecule has 1 spiro atoms. The van der Waals surface area contributed by atoms with Crippen LogP contribution in [0.2, 0.25) is 0 Å². The van der Waals surface area contributed by atoms with E-state index >= 15 is 0 Å². The van der Waals surface area contributed by atoms with Gasteiger partial charge in [0.15, 0.2) is 0 Å². The van der Waals surface area contributed by atoms with Gasteiger partial charge in [0, 0.05) is 5.41 Å². The Labute approximate surface area is 157 Å². The summed E-state index contributed by atoms with van der Waals surface area (Å²) in [5.41, 5.74) is 1.86. The lowest BCUT2D eigenvalue weighted by atomic mass is 9.49. The molecule has 1 saturated heterocycles. The summed E-state index contributed by atoms with van der Waals surface area (Å²) in [6.45, 7) is 0. The summed E-state index contributed by atoms with van der Waals surface area (Å²) in [6, 6.07) is 0. The molecule has 8 aliphatic carbocycles. The van der Waals surface area contributed by atoms with Crippen molar-refractivity contribution in [1.82, 2.24) is 10.4 Å². The predicted molar refractivity (Wildman–Crippen MR) is 93.2 cm³/mol. The van der Waals surface area contributed by atoms with Crippen molar-refractivity contribution in [1.29, 1.82) is 0 Å². The number of allylic oxidation sites excluding steroid dienone is 2. The first-order valence-electron chi connectivity index (χ1n) is 10.9. The number of nitrogens with zero attached hydrogens (tertiary/aromatic N) is 1. The Morgan fingerprint density at radius 3 is 2.37 bits per heavy atom. The zero-order chi connectivity index (χ0) is 17.9. The third-order valence-electron chi connectivity index (χ3n) is 10.3. The summed E-state index contributed by atoms with van der Waals surface area (Å²) in [7, 11) is 0. The van der Waals surface area contributed by atoms with E-state index in [4.69, 9.17) is 0 Å². The highest BCUT2D eigenvalue weighted by Gasteiger charge is 2.99. The highest BCUT2D eigenvalue weighted by molar-refractivity contribution is 6.16. The van der Waals surface area contributed by atoms with Gasteiger partial charge >= 0.3 is 0 Å². The number of carbonyl (C=O) groups excluding carboxylic acids is 3. The Kier molecular flexibility index (Phi) is 2.00. The minimum atomic E-state index is -0.508. The average molecular weight is 364 g/mol. The number of imide groups is 1. The van der Waals surface area contributed by atoms with Crippen molar-refractivity contribution in [3.63, 3.8) is 0 Å². The Balaban J connectivity index is 1.11. The lowest BCUT2D eigenvalue weighted by Crippen LogP contribution is -2.59. The molecule has 27 heavy (non-hydrogen) atoms. The molecule has 140 valence electrons. The van der Waals surface area contributed by atoms with E-state index in [2.05, 4.69) is 17.6 Å². The zero-order valence-electron chi connectivity index (χ0n) is 15.3. The number of piperidine rings is 1. The number of hydrogen-bond donors (Lipinski definition) is 1. The Bertz CT molecular complexity index is 872. The van der Waals surface area contributed by atoms with Gasteiger partial charge in [0.2, 0.25) is 5.91 Å². The van der Waals surface area contributed by atoms with Crippen LogP contribution in [0.5, 0.6) is 0 Å². The number of hydrazine groups is 1. The van der Waals surface area contributed by atoms with Gasteiger partial charge in [-0.3, -0.25) is 19.8 Å². The number of hydrogen-bond acceptors (Lipinski definition) is 3. The number of carbonyl (C=O) groups is 3. The normalized spacial score (nSPS) is 61.9. The maximum Gasteiger partial charge on any atom is 0.256 e. The first-order chi connectivity index (χ1) is 13.0. The third kappa shape index (κ3) is 1.21. The van der Waals surface area contributed by atoms with Crippen LogP contribution in [-0.2, 0) is 14.4 Å². The lowest BCUT2D eigenvalue weighted by molar-refractivity contribution is -0.162. The molecule has 9 aliphatic rings. The van der Waals surface area contributed by atoms with Gasteiger partial charge in [-0.2, -0.15) is 5.01 Å². The van der Waals surface area contributed by atoms with Crippen molar-refractivity contribution in [2.24, 2.45) is 57.7 Å². The smallest absolute Gasteiger partial charge is 0.256 e. The SMILES string of the molecule is O=C1[C@H]2C34C=CC(C5CC53)[C@@]24C(=O)N1NC(=O)C12CC3CC(CC(C3)C1)C2. The number of fused-ring (bicyclic) bond motifs is 2. The topological polar surface area (TPSA) is 66.5 Å². The maximum absolute atomic E-state index is 13.4. The van der Waals surface area contributed by atoms with E-state index in [0.717, 1.165) is 24.3 Å². The predicted octanol–water partition coefficient (Wildman–Crippen LogP) is 2.04. The van der Waals surface area contributed by atoms with Gasteiger partial charge in [-0.25, -0.2) is 0 Å². The molecular weight excluding hydrogens is 340 g/mol. The van der Waals surface area contributed by atoms with E-state index in [0.29, 0.717) is 29.6 Å². The second kappa shape index (κ2) is 3.77. The Morgan fingerprint density at radius 2 is 1.70 bits per heavy atom. The van der Waals surface area contributed by atoms with Crippen molar-refractivity contribution >= 4 is 17.7 Å². The van der Waals surface area contributed by atoms with Crippen molar-refractivity contribution in [3.8, 4) is 0 Å². The van der Waals surface area contributed by atoms with Crippen LogP contribution in [0.3, 0.4) is 0 Å². The molecule has 1 N–H and O–H groups in total. The van der Waals surface area contributed by atoms with Crippen LogP contribution in [0.25, 0.3) is 0 Å². The van der Waals surface area contributed by atoms with Gasteiger partial charge in [-0.1, -0.05) is 12.2 Å². The van der Waals surface area contributed by atoms with E-state index in [1.807, 2.05) is 0 Å². The highest BCUT2D eigenvalue weighted by Crippen LogP contribution is 2.95. The number of nitrogens with one attached hydrogen (secondary N) is 1. The van der Waals surface area contributed by atoms with E-state index in [1.165, 1.54) is 25.7 Å². The minimum Gasteiger partial charge on any atom is -0.273 e. The van der Waals surface area contributed by atoms with Gasteiger partial charge in [-0.15, -0.1) is 0 Å².